The Kier molecular flexibility index (Phi) is 38.2. The Bertz CT molecular complexity index is 238. The molecule has 0 aliphatic heterocycles. The van der Waals surface area contributed by atoms with Crippen LogP contribution in [0.5, 0.6) is 0 Å². The molecule has 0 saturated carbocycles. The normalized spacial score (nSPS) is 8.71. The molecule has 5 N–H and O–H groups in total. The SMILES string of the molecule is CC(=O)O.CCCCCCCO.CCCCCCCOC(C)=O.N. The van der Waals surface area contributed by atoms with Gasteiger partial charge in [-0.05, 0) is 12.8 Å². The molecular formula is C18H41NO5. The van der Waals surface area contributed by atoms with Crippen molar-refractivity contribution in [2.45, 2.75) is 91.9 Å². The van der Waals surface area contributed by atoms with E-state index in [2.05, 4.69) is 13.8 Å². The number of hydrogen-bond donors (Lipinski definition) is 3. The van der Waals surface area contributed by atoms with Gasteiger partial charge < -0.3 is 21.1 Å². The van der Waals surface area contributed by atoms with E-state index in [1.165, 1.54) is 58.3 Å². The first-order valence-corrected chi connectivity index (χ1v) is 8.86. The Hall–Kier alpha value is -1.14. The average molecular weight is 352 g/mol. The van der Waals surface area contributed by atoms with E-state index in [-0.39, 0.29) is 12.1 Å². The van der Waals surface area contributed by atoms with Gasteiger partial charge in [0, 0.05) is 20.5 Å². The van der Waals surface area contributed by atoms with Crippen molar-refractivity contribution in [3.8, 4) is 0 Å². The van der Waals surface area contributed by atoms with E-state index in [0.717, 1.165) is 19.8 Å². The molecule has 0 aromatic rings. The molecule has 0 bridgehead atoms. The summed E-state index contributed by atoms with van der Waals surface area (Å²) in [5.41, 5.74) is 0. The Labute approximate surface area is 148 Å². The molecule has 0 aliphatic carbocycles. The summed E-state index contributed by atoms with van der Waals surface area (Å²) in [5.74, 6) is -1.000. The highest BCUT2D eigenvalue weighted by Gasteiger charge is 1.92. The van der Waals surface area contributed by atoms with E-state index in [4.69, 9.17) is 19.7 Å². The van der Waals surface area contributed by atoms with E-state index in [0.29, 0.717) is 13.2 Å². The number of ether oxygens (including phenoxy) is 1. The third kappa shape index (κ3) is 58.5. The zero-order valence-electron chi connectivity index (χ0n) is 16.3. The number of carbonyl (C=O) groups excluding carboxylic acids is 1. The predicted molar refractivity (Wildman–Crippen MR) is 99.6 cm³/mol. The second-order valence-corrected chi connectivity index (χ2v) is 5.41. The van der Waals surface area contributed by atoms with Crippen LogP contribution >= 0.6 is 0 Å². The van der Waals surface area contributed by atoms with Gasteiger partial charge in [0.2, 0.25) is 0 Å². The summed E-state index contributed by atoms with van der Waals surface area (Å²) in [7, 11) is 0. The van der Waals surface area contributed by atoms with Gasteiger partial charge in [-0.15, -0.1) is 0 Å². The number of carboxylic acids is 1. The number of unbranched alkanes of at least 4 members (excludes halogenated alkanes) is 8. The van der Waals surface area contributed by atoms with E-state index in [1.54, 1.807) is 0 Å². The second kappa shape index (κ2) is 29.8. The van der Waals surface area contributed by atoms with Crippen molar-refractivity contribution in [3.63, 3.8) is 0 Å². The van der Waals surface area contributed by atoms with Crippen molar-refractivity contribution in [1.29, 1.82) is 0 Å². The van der Waals surface area contributed by atoms with Crippen LogP contribution in [-0.4, -0.2) is 35.4 Å². The van der Waals surface area contributed by atoms with E-state index < -0.39 is 5.97 Å². The third-order valence-electron chi connectivity index (χ3n) is 2.81. The van der Waals surface area contributed by atoms with Gasteiger partial charge in [-0.25, -0.2) is 0 Å². The second-order valence-electron chi connectivity index (χ2n) is 5.41. The largest absolute Gasteiger partial charge is 0.481 e. The van der Waals surface area contributed by atoms with Crippen molar-refractivity contribution in [3.05, 3.63) is 0 Å². The first-order valence-electron chi connectivity index (χ1n) is 8.86. The molecule has 0 fully saturated rings. The van der Waals surface area contributed by atoms with Crippen molar-refractivity contribution in [1.82, 2.24) is 6.15 Å². The van der Waals surface area contributed by atoms with Crippen LogP contribution in [0.2, 0.25) is 0 Å². The molecule has 0 aromatic heterocycles. The maximum Gasteiger partial charge on any atom is 0.302 e. The minimum Gasteiger partial charge on any atom is -0.481 e. The van der Waals surface area contributed by atoms with Crippen molar-refractivity contribution < 1.29 is 24.5 Å². The van der Waals surface area contributed by atoms with Crippen LogP contribution in [0.3, 0.4) is 0 Å². The highest BCUT2D eigenvalue weighted by molar-refractivity contribution is 5.65. The fourth-order valence-electron chi connectivity index (χ4n) is 1.64. The molecule has 0 heterocycles. The smallest absolute Gasteiger partial charge is 0.302 e. The molecule has 24 heavy (non-hydrogen) atoms. The zero-order chi connectivity index (χ0) is 18.3. The number of esters is 1. The number of aliphatic carboxylic acids is 1. The molecule has 148 valence electrons. The van der Waals surface area contributed by atoms with Gasteiger partial charge in [0.05, 0.1) is 6.61 Å². The highest BCUT2D eigenvalue weighted by atomic mass is 16.5. The summed E-state index contributed by atoms with van der Waals surface area (Å²) in [6.07, 6.45) is 12.1. The predicted octanol–water partition coefficient (Wildman–Crippen LogP) is 4.72. The molecule has 0 radical (unpaired) electrons. The Morgan fingerprint density at radius 3 is 1.50 bits per heavy atom. The van der Waals surface area contributed by atoms with Gasteiger partial charge >= 0.3 is 5.97 Å². The lowest BCUT2D eigenvalue weighted by Gasteiger charge is -2.00. The molecular weight excluding hydrogens is 310 g/mol. The van der Waals surface area contributed by atoms with Gasteiger partial charge in [0.25, 0.3) is 5.97 Å². The Morgan fingerprint density at radius 1 is 0.792 bits per heavy atom. The first-order chi connectivity index (χ1) is 10.9. The molecule has 0 rings (SSSR count). The Balaban J connectivity index is -0.000000136. The van der Waals surface area contributed by atoms with E-state index in [9.17, 15) is 4.79 Å². The summed E-state index contributed by atoms with van der Waals surface area (Å²) >= 11 is 0. The molecule has 6 nitrogen and oxygen atoms in total. The lowest BCUT2D eigenvalue weighted by Crippen LogP contribution is -1.99. The van der Waals surface area contributed by atoms with Crippen LogP contribution in [0.15, 0.2) is 0 Å². The summed E-state index contributed by atoms with van der Waals surface area (Å²) in [5, 5.41) is 15.8. The van der Waals surface area contributed by atoms with Crippen LogP contribution in [0.25, 0.3) is 0 Å². The lowest BCUT2D eigenvalue weighted by atomic mass is 10.2. The average Bonchev–Trinajstić information content (AvgIpc) is 2.47. The molecule has 0 saturated heterocycles. The van der Waals surface area contributed by atoms with Crippen LogP contribution in [0.4, 0.5) is 0 Å². The van der Waals surface area contributed by atoms with Gasteiger partial charge in [-0.1, -0.05) is 65.2 Å². The van der Waals surface area contributed by atoms with Crippen LogP contribution in [0.1, 0.15) is 91.9 Å². The van der Waals surface area contributed by atoms with Crippen LogP contribution in [-0.2, 0) is 14.3 Å². The number of hydrogen-bond acceptors (Lipinski definition) is 5. The monoisotopic (exact) mass is 351 g/mol. The number of carbonyl (C=O) groups is 2. The highest BCUT2D eigenvalue weighted by Crippen LogP contribution is 2.02. The molecule has 0 amide bonds. The van der Waals surface area contributed by atoms with Crippen molar-refractivity contribution in [2.75, 3.05) is 13.2 Å². The first kappa shape index (κ1) is 30.7. The van der Waals surface area contributed by atoms with Gasteiger partial charge in [-0.3, -0.25) is 9.59 Å². The molecule has 0 aromatic carbocycles. The van der Waals surface area contributed by atoms with Gasteiger partial charge in [0.1, 0.15) is 0 Å². The molecule has 0 aliphatic rings. The summed E-state index contributed by atoms with van der Waals surface area (Å²) in [6.45, 7) is 7.87. The minimum atomic E-state index is -0.833. The fourth-order valence-corrected chi connectivity index (χ4v) is 1.64. The van der Waals surface area contributed by atoms with Crippen molar-refractivity contribution >= 4 is 11.9 Å². The maximum absolute atomic E-state index is 10.3. The maximum atomic E-state index is 10.3. The van der Waals surface area contributed by atoms with Gasteiger partial charge in [-0.2, -0.15) is 0 Å². The number of carboxylic acid groups (broad SMARTS) is 1. The number of aliphatic hydroxyl groups is 1. The third-order valence-corrected chi connectivity index (χ3v) is 2.81. The molecule has 6 heteroatoms. The standard InChI is InChI=1S/C9H18O2.C7H16O.C2H4O2.H3N/c1-3-4-5-6-7-8-11-9(2)10;1-2-3-4-5-6-7-8;1-2(3)4;/h3-8H2,1-2H3;8H,2-7H2,1H3;1H3,(H,3,4);1H3. The molecule has 0 atom stereocenters. The van der Waals surface area contributed by atoms with Crippen molar-refractivity contribution in [2.24, 2.45) is 0 Å². The number of rotatable bonds is 11. The van der Waals surface area contributed by atoms with Crippen LogP contribution in [0, 0.1) is 0 Å². The zero-order valence-corrected chi connectivity index (χ0v) is 16.3. The summed E-state index contributed by atoms with van der Waals surface area (Å²) in [4.78, 5) is 19.3. The van der Waals surface area contributed by atoms with E-state index in [1.807, 2.05) is 0 Å². The van der Waals surface area contributed by atoms with Gasteiger partial charge in [0.15, 0.2) is 0 Å². The fraction of sp³-hybridized carbons (Fsp3) is 0.889. The quantitative estimate of drug-likeness (QED) is 0.366. The van der Waals surface area contributed by atoms with Crippen LogP contribution < -0.4 is 6.15 Å². The minimum absolute atomic E-state index is 0. The molecule has 0 spiro atoms. The summed E-state index contributed by atoms with van der Waals surface area (Å²) in [6, 6.07) is 0. The Morgan fingerprint density at radius 2 is 1.17 bits per heavy atom. The topological polar surface area (TPSA) is 119 Å². The van der Waals surface area contributed by atoms with E-state index >= 15 is 0 Å². The summed E-state index contributed by atoms with van der Waals surface area (Å²) < 4.78 is 4.78. The molecule has 0 unspecified atom stereocenters. The lowest BCUT2D eigenvalue weighted by molar-refractivity contribution is -0.141. The number of aliphatic hydroxyl groups excluding tert-OH is 1.